The number of rotatable bonds is 7. The summed E-state index contributed by atoms with van der Waals surface area (Å²) < 4.78 is 13.6. The Labute approximate surface area is 178 Å². The first-order valence-electron chi connectivity index (χ1n) is 8.01. The number of nitrogens with one attached hydrogen (secondary N) is 2. The number of thioether (sulfide) groups is 1. The van der Waals surface area contributed by atoms with Gasteiger partial charge < -0.3 is 10.6 Å². The molecule has 1 amide bonds. The number of pyridine rings is 1. The standard InChI is InChI=1S/C17H14Cl2FN5OS2/c1-9(15(26)23-14-13(19)6-11(18)8-21-14)27-17-25-24-16(28-17)22-7-10-2-4-12(20)5-3-10/h2-6,8-9H,7H2,1H3,(H,22,24)(H,21,23,26). The van der Waals surface area contributed by atoms with Crippen molar-refractivity contribution < 1.29 is 9.18 Å². The fourth-order valence-corrected chi connectivity index (χ4v) is 4.36. The van der Waals surface area contributed by atoms with Crippen molar-refractivity contribution >= 4 is 63.2 Å². The number of carbonyl (C=O) groups excluding carboxylic acids is 1. The summed E-state index contributed by atoms with van der Waals surface area (Å²) in [5, 5.41) is 14.7. The predicted octanol–water partition coefficient (Wildman–Crippen LogP) is 5.11. The van der Waals surface area contributed by atoms with Gasteiger partial charge in [0.15, 0.2) is 10.2 Å². The number of hydrogen-bond donors (Lipinski definition) is 2. The number of anilines is 2. The van der Waals surface area contributed by atoms with E-state index in [-0.39, 0.29) is 22.6 Å². The SMILES string of the molecule is CC(Sc1nnc(NCc2ccc(F)cc2)s1)C(=O)Nc1ncc(Cl)cc1Cl. The molecule has 146 valence electrons. The van der Waals surface area contributed by atoms with Crippen LogP contribution in [0.4, 0.5) is 15.3 Å². The highest BCUT2D eigenvalue weighted by molar-refractivity contribution is 8.02. The van der Waals surface area contributed by atoms with Crippen molar-refractivity contribution in [2.24, 2.45) is 0 Å². The maximum Gasteiger partial charge on any atom is 0.238 e. The Hall–Kier alpha value is -1.94. The third-order valence-corrected chi connectivity index (χ3v) is 6.02. The molecule has 3 rings (SSSR count). The zero-order valence-corrected chi connectivity index (χ0v) is 17.6. The Morgan fingerprint density at radius 1 is 1.29 bits per heavy atom. The third kappa shape index (κ3) is 5.78. The van der Waals surface area contributed by atoms with Gasteiger partial charge in [-0.25, -0.2) is 9.37 Å². The van der Waals surface area contributed by atoms with E-state index in [1.165, 1.54) is 47.5 Å². The molecular weight excluding hydrogens is 444 g/mol. The third-order valence-electron chi connectivity index (χ3n) is 3.46. The number of halogens is 3. The molecule has 0 saturated carbocycles. The minimum atomic E-state index is -0.438. The first-order valence-corrected chi connectivity index (χ1v) is 10.5. The maximum atomic E-state index is 12.9. The first-order chi connectivity index (χ1) is 13.4. The molecule has 0 aliphatic carbocycles. The van der Waals surface area contributed by atoms with Crippen LogP contribution in [0.2, 0.25) is 10.0 Å². The number of carbonyl (C=O) groups is 1. The number of amides is 1. The summed E-state index contributed by atoms with van der Waals surface area (Å²) in [7, 11) is 0. The van der Waals surface area contributed by atoms with Gasteiger partial charge in [0.1, 0.15) is 5.82 Å². The average molecular weight is 458 g/mol. The number of hydrogen-bond acceptors (Lipinski definition) is 7. The van der Waals surface area contributed by atoms with Crippen LogP contribution in [0.15, 0.2) is 40.9 Å². The van der Waals surface area contributed by atoms with E-state index in [4.69, 9.17) is 23.2 Å². The molecule has 1 aromatic carbocycles. The quantitative estimate of drug-likeness (QED) is 0.479. The Morgan fingerprint density at radius 2 is 2.04 bits per heavy atom. The van der Waals surface area contributed by atoms with Crippen LogP contribution >= 0.6 is 46.3 Å². The lowest BCUT2D eigenvalue weighted by Gasteiger charge is -2.10. The second kappa shape index (κ2) is 9.51. The topological polar surface area (TPSA) is 79.8 Å². The maximum absolute atomic E-state index is 12.9. The molecule has 11 heteroatoms. The van der Waals surface area contributed by atoms with E-state index in [1.807, 2.05) is 0 Å². The van der Waals surface area contributed by atoms with Crippen molar-refractivity contribution in [3.8, 4) is 0 Å². The summed E-state index contributed by atoms with van der Waals surface area (Å²) in [6.07, 6.45) is 1.41. The van der Waals surface area contributed by atoms with Gasteiger partial charge in [-0.05, 0) is 30.7 Å². The van der Waals surface area contributed by atoms with Crippen molar-refractivity contribution in [3.63, 3.8) is 0 Å². The largest absolute Gasteiger partial charge is 0.356 e. The Kier molecular flexibility index (Phi) is 7.06. The van der Waals surface area contributed by atoms with Crippen LogP contribution in [-0.4, -0.2) is 26.3 Å². The van der Waals surface area contributed by atoms with E-state index in [0.717, 1.165) is 5.56 Å². The predicted molar refractivity (Wildman–Crippen MR) is 112 cm³/mol. The van der Waals surface area contributed by atoms with Crippen molar-refractivity contribution in [1.29, 1.82) is 0 Å². The Balaban J connectivity index is 1.53. The fourth-order valence-electron chi connectivity index (χ4n) is 2.04. The molecule has 2 N–H and O–H groups in total. The second-order valence-electron chi connectivity index (χ2n) is 5.59. The lowest BCUT2D eigenvalue weighted by atomic mass is 10.2. The lowest BCUT2D eigenvalue weighted by Crippen LogP contribution is -2.23. The van der Waals surface area contributed by atoms with Crippen molar-refractivity contribution in [1.82, 2.24) is 15.2 Å². The lowest BCUT2D eigenvalue weighted by molar-refractivity contribution is -0.115. The second-order valence-corrected chi connectivity index (χ2v) is 9.00. The van der Waals surface area contributed by atoms with E-state index >= 15 is 0 Å². The van der Waals surface area contributed by atoms with Gasteiger partial charge in [-0.15, -0.1) is 10.2 Å². The van der Waals surface area contributed by atoms with Gasteiger partial charge in [-0.2, -0.15) is 0 Å². The van der Waals surface area contributed by atoms with Crippen LogP contribution in [0.5, 0.6) is 0 Å². The highest BCUT2D eigenvalue weighted by Crippen LogP contribution is 2.30. The van der Waals surface area contributed by atoms with Gasteiger partial charge in [0.2, 0.25) is 11.0 Å². The molecule has 2 aromatic heterocycles. The zero-order valence-electron chi connectivity index (χ0n) is 14.4. The molecule has 1 unspecified atom stereocenters. The van der Waals surface area contributed by atoms with E-state index in [2.05, 4.69) is 25.8 Å². The van der Waals surface area contributed by atoms with Gasteiger partial charge in [-0.1, -0.05) is 58.4 Å². The Bertz CT molecular complexity index is 970. The number of aromatic nitrogens is 3. The normalized spacial score (nSPS) is 11.9. The number of nitrogens with zero attached hydrogens (tertiary/aromatic N) is 3. The summed E-state index contributed by atoms with van der Waals surface area (Å²) in [5.74, 6) is -0.291. The number of benzene rings is 1. The van der Waals surface area contributed by atoms with Gasteiger partial charge in [0, 0.05) is 12.7 Å². The molecule has 3 aromatic rings. The van der Waals surface area contributed by atoms with Crippen LogP contribution < -0.4 is 10.6 Å². The Morgan fingerprint density at radius 3 is 2.75 bits per heavy atom. The molecule has 0 aliphatic rings. The molecule has 0 saturated heterocycles. The van der Waals surface area contributed by atoms with Gasteiger partial charge in [-0.3, -0.25) is 4.79 Å². The molecule has 6 nitrogen and oxygen atoms in total. The molecule has 0 spiro atoms. The minimum Gasteiger partial charge on any atom is -0.356 e. The molecule has 0 bridgehead atoms. The van der Waals surface area contributed by atoms with Crippen LogP contribution in [0.1, 0.15) is 12.5 Å². The molecule has 0 aliphatic heterocycles. The molecule has 1 atom stereocenters. The summed E-state index contributed by atoms with van der Waals surface area (Å²) in [6.45, 7) is 2.24. The van der Waals surface area contributed by atoms with Crippen molar-refractivity contribution in [2.45, 2.75) is 23.1 Å². The van der Waals surface area contributed by atoms with E-state index in [1.54, 1.807) is 19.1 Å². The van der Waals surface area contributed by atoms with Gasteiger partial charge >= 0.3 is 0 Å². The smallest absolute Gasteiger partial charge is 0.238 e. The summed E-state index contributed by atoms with van der Waals surface area (Å²) >= 11 is 14.4. The van der Waals surface area contributed by atoms with Crippen LogP contribution in [0.3, 0.4) is 0 Å². The molecule has 28 heavy (non-hydrogen) atoms. The van der Waals surface area contributed by atoms with Crippen molar-refractivity contribution in [3.05, 3.63) is 58.0 Å². The van der Waals surface area contributed by atoms with Crippen LogP contribution in [-0.2, 0) is 11.3 Å². The van der Waals surface area contributed by atoms with E-state index in [9.17, 15) is 9.18 Å². The summed E-state index contributed by atoms with van der Waals surface area (Å²) in [4.78, 5) is 16.4. The first kappa shape index (κ1) is 20.8. The molecule has 0 radical (unpaired) electrons. The van der Waals surface area contributed by atoms with E-state index < -0.39 is 5.25 Å². The molecule has 0 fully saturated rings. The summed E-state index contributed by atoms with van der Waals surface area (Å²) in [6, 6.07) is 7.71. The van der Waals surface area contributed by atoms with E-state index in [0.29, 0.717) is 21.0 Å². The highest BCUT2D eigenvalue weighted by Gasteiger charge is 2.19. The molecule has 2 heterocycles. The highest BCUT2D eigenvalue weighted by atomic mass is 35.5. The minimum absolute atomic E-state index is 0.252. The van der Waals surface area contributed by atoms with Crippen molar-refractivity contribution in [2.75, 3.05) is 10.6 Å². The monoisotopic (exact) mass is 457 g/mol. The van der Waals surface area contributed by atoms with Gasteiger partial charge in [0.25, 0.3) is 0 Å². The molecular formula is C17H14Cl2FN5OS2. The average Bonchev–Trinajstić information content (AvgIpc) is 3.11. The van der Waals surface area contributed by atoms with Crippen LogP contribution in [0, 0.1) is 5.82 Å². The fraction of sp³-hybridized carbons (Fsp3) is 0.176. The van der Waals surface area contributed by atoms with Crippen LogP contribution in [0.25, 0.3) is 0 Å². The van der Waals surface area contributed by atoms with Gasteiger partial charge in [0.05, 0.1) is 15.3 Å². The summed E-state index contributed by atoms with van der Waals surface area (Å²) in [5.41, 5.74) is 0.922. The zero-order chi connectivity index (χ0) is 20.1.